The van der Waals surface area contributed by atoms with Gasteiger partial charge in [0.2, 0.25) is 11.8 Å². The molecule has 6 atom stereocenters. The van der Waals surface area contributed by atoms with Crippen LogP contribution in [-0.2, 0) is 23.6 Å². The average Bonchev–Trinajstić information content (AvgIpc) is 3.42. The first-order chi connectivity index (χ1) is 25.3. The van der Waals surface area contributed by atoms with Gasteiger partial charge in [0.05, 0.1) is 17.6 Å². The summed E-state index contributed by atoms with van der Waals surface area (Å²) in [5.74, 6) is 0.0401. The Balaban J connectivity index is 1.45. The lowest BCUT2D eigenvalue weighted by Crippen LogP contribution is -2.65. The van der Waals surface area contributed by atoms with Gasteiger partial charge in [0.15, 0.2) is 5.03 Å². The van der Waals surface area contributed by atoms with E-state index in [0.717, 1.165) is 70.6 Å². The van der Waals surface area contributed by atoms with Gasteiger partial charge >= 0.3 is 13.2 Å². The average molecular weight is 764 g/mol. The summed E-state index contributed by atoms with van der Waals surface area (Å²) in [6.45, 7) is 17.3. The summed E-state index contributed by atoms with van der Waals surface area (Å²) in [4.78, 5) is 53.4. The zero-order valence-corrected chi connectivity index (χ0v) is 34.3. The summed E-state index contributed by atoms with van der Waals surface area (Å²) in [5, 5.41) is 18.8. The van der Waals surface area contributed by atoms with Crippen LogP contribution in [0.5, 0.6) is 0 Å². The SMILES string of the molecule is CC(C)C[C@H](NC(=O)[C@H](CCCN=C(N)N[N+](=O)[O-])NC(=O)CCCCCCCCCCCNC(=O)OC(C)(C)C)B1O[C@@H]2C[C@@H]3C[C@@H](C3(C)C)[C@]2(C)O1. The molecular formula is C38H70BN7O8. The molecule has 1 heterocycles. The van der Waals surface area contributed by atoms with Gasteiger partial charge in [0, 0.05) is 19.5 Å². The quantitative estimate of drug-likeness (QED) is 0.0218. The first kappa shape index (κ1) is 45.3. The third-order valence-electron chi connectivity index (χ3n) is 11.4. The number of hydrogen-bond acceptors (Lipinski definition) is 9. The van der Waals surface area contributed by atoms with Gasteiger partial charge in [-0.05, 0) is 95.8 Å². The largest absolute Gasteiger partial charge is 0.481 e. The number of unbranched alkanes of at least 4 members (excludes halogenated alkanes) is 8. The maximum absolute atomic E-state index is 13.9. The lowest BCUT2D eigenvalue weighted by molar-refractivity contribution is -0.525. The molecule has 2 bridgehead atoms. The fourth-order valence-electron chi connectivity index (χ4n) is 8.41. The minimum absolute atomic E-state index is 0.0165. The van der Waals surface area contributed by atoms with E-state index in [-0.39, 0.29) is 54.3 Å². The van der Waals surface area contributed by atoms with Crippen molar-refractivity contribution < 1.29 is 33.5 Å². The number of alkyl carbamates (subject to hydrolysis) is 1. The summed E-state index contributed by atoms with van der Waals surface area (Å²) in [6, 6.07) is -0.822. The van der Waals surface area contributed by atoms with E-state index < -0.39 is 35.3 Å². The molecule has 16 heteroatoms. The second-order valence-corrected chi connectivity index (χ2v) is 17.8. The van der Waals surface area contributed by atoms with Crippen molar-refractivity contribution in [1.29, 1.82) is 0 Å². The number of hydrazine groups is 1. The zero-order chi connectivity index (χ0) is 40.1. The van der Waals surface area contributed by atoms with Crippen molar-refractivity contribution in [3.05, 3.63) is 10.1 Å². The van der Waals surface area contributed by atoms with Gasteiger partial charge in [0.1, 0.15) is 11.6 Å². The van der Waals surface area contributed by atoms with Crippen molar-refractivity contribution in [3.63, 3.8) is 0 Å². The Labute approximate surface area is 323 Å². The molecule has 4 fully saturated rings. The predicted octanol–water partition coefficient (Wildman–Crippen LogP) is 5.57. The summed E-state index contributed by atoms with van der Waals surface area (Å²) in [5.41, 5.74) is 6.68. The molecule has 54 heavy (non-hydrogen) atoms. The van der Waals surface area contributed by atoms with E-state index in [9.17, 15) is 24.5 Å². The molecule has 308 valence electrons. The number of aliphatic imine (C=N–C) groups is 1. The van der Waals surface area contributed by atoms with Gasteiger partial charge in [-0.2, -0.15) is 0 Å². The van der Waals surface area contributed by atoms with Gasteiger partial charge in [-0.1, -0.05) is 78.1 Å². The molecule has 4 aliphatic rings. The highest BCUT2D eigenvalue weighted by Gasteiger charge is 2.68. The summed E-state index contributed by atoms with van der Waals surface area (Å²) in [7, 11) is -0.586. The van der Waals surface area contributed by atoms with E-state index in [1.807, 2.05) is 26.2 Å². The van der Waals surface area contributed by atoms with Crippen molar-refractivity contribution in [3.8, 4) is 0 Å². The fourth-order valence-corrected chi connectivity index (χ4v) is 8.41. The summed E-state index contributed by atoms with van der Waals surface area (Å²) in [6.07, 6.45) is 12.4. The van der Waals surface area contributed by atoms with Crippen molar-refractivity contribution in [2.45, 2.75) is 181 Å². The van der Waals surface area contributed by atoms with Crippen LogP contribution in [0.1, 0.15) is 152 Å². The van der Waals surface area contributed by atoms with Gasteiger partial charge < -0.3 is 35.7 Å². The van der Waals surface area contributed by atoms with E-state index in [2.05, 4.69) is 55.6 Å². The van der Waals surface area contributed by atoms with E-state index in [1.54, 1.807) is 0 Å². The molecular weight excluding hydrogens is 693 g/mol. The molecule has 1 saturated heterocycles. The van der Waals surface area contributed by atoms with Gasteiger partial charge in [-0.3, -0.25) is 9.59 Å². The van der Waals surface area contributed by atoms with Gasteiger partial charge in [-0.15, -0.1) is 0 Å². The number of ether oxygens (including phenoxy) is 1. The molecule has 4 rings (SSSR count). The monoisotopic (exact) mass is 764 g/mol. The molecule has 3 aliphatic carbocycles. The normalized spacial score (nSPS) is 24.2. The topological polar surface area (TPSA) is 209 Å². The maximum Gasteiger partial charge on any atom is 0.481 e. The Bertz CT molecular complexity index is 1280. The zero-order valence-electron chi connectivity index (χ0n) is 34.3. The van der Waals surface area contributed by atoms with Gasteiger partial charge in [-0.25, -0.2) is 19.9 Å². The number of hydrogen-bond donors (Lipinski definition) is 5. The van der Waals surface area contributed by atoms with E-state index in [1.165, 1.54) is 0 Å². The molecule has 6 N–H and O–H groups in total. The highest BCUT2D eigenvalue weighted by Crippen LogP contribution is 2.65. The third-order valence-corrected chi connectivity index (χ3v) is 11.4. The minimum Gasteiger partial charge on any atom is -0.444 e. The number of nitrogens with one attached hydrogen (secondary N) is 4. The second-order valence-electron chi connectivity index (χ2n) is 17.8. The van der Waals surface area contributed by atoms with Crippen LogP contribution in [0.3, 0.4) is 0 Å². The van der Waals surface area contributed by atoms with Crippen molar-refractivity contribution in [2.75, 3.05) is 13.1 Å². The van der Waals surface area contributed by atoms with Crippen molar-refractivity contribution in [1.82, 2.24) is 21.4 Å². The van der Waals surface area contributed by atoms with E-state index in [0.29, 0.717) is 37.6 Å². The van der Waals surface area contributed by atoms with Crippen molar-refractivity contribution in [2.24, 2.45) is 33.9 Å². The van der Waals surface area contributed by atoms with Crippen molar-refractivity contribution >= 4 is 31.0 Å². The Morgan fingerprint density at radius 3 is 2.20 bits per heavy atom. The van der Waals surface area contributed by atoms with Crippen LogP contribution in [0.4, 0.5) is 4.79 Å². The maximum atomic E-state index is 13.9. The van der Waals surface area contributed by atoms with Crippen LogP contribution < -0.4 is 27.1 Å². The number of rotatable bonds is 23. The fraction of sp³-hybridized carbons (Fsp3) is 0.895. The van der Waals surface area contributed by atoms with Crippen LogP contribution >= 0.6 is 0 Å². The minimum atomic E-state index is -0.822. The number of carbonyl (C=O) groups excluding carboxylic acids is 3. The number of nitro groups is 1. The molecule has 15 nitrogen and oxygen atoms in total. The van der Waals surface area contributed by atoms with Gasteiger partial charge in [0.25, 0.3) is 5.96 Å². The molecule has 3 saturated carbocycles. The summed E-state index contributed by atoms with van der Waals surface area (Å²) < 4.78 is 18.5. The Hall–Kier alpha value is -3.14. The van der Waals surface area contributed by atoms with Crippen LogP contribution in [0, 0.1) is 33.3 Å². The number of nitrogens with zero attached hydrogens (tertiary/aromatic N) is 2. The smallest absolute Gasteiger partial charge is 0.444 e. The lowest BCUT2D eigenvalue weighted by atomic mass is 9.43. The van der Waals surface area contributed by atoms with Crippen LogP contribution in [0.15, 0.2) is 4.99 Å². The highest BCUT2D eigenvalue weighted by molar-refractivity contribution is 6.48. The Kier molecular flexibility index (Phi) is 17.3. The molecule has 0 aromatic carbocycles. The van der Waals surface area contributed by atoms with Crippen LogP contribution in [0.2, 0.25) is 0 Å². The highest BCUT2D eigenvalue weighted by atomic mass is 16.7. The summed E-state index contributed by atoms with van der Waals surface area (Å²) >= 11 is 0. The number of nitrogens with two attached hydrogens (primary N) is 1. The molecule has 0 unspecified atom stereocenters. The second kappa shape index (κ2) is 20.7. The molecule has 0 radical (unpaired) electrons. The molecule has 0 aromatic heterocycles. The molecule has 0 spiro atoms. The number of carbonyl (C=O) groups is 3. The molecule has 3 amide bonds. The van der Waals surface area contributed by atoms with Crippen LogP contribution in [0.25, 0.3) is 0 Å². The Morgan fingerprint density at radius 2 is 1.61 bits per heavy atom. The van der Waals surface area contributed by atoms with Crippen LogP contribution in [-0.4, -0.2) is 78.4 Å². The molecule has 1 aliphatic heterocycles. The third kappa shape index (κ3) is 14.2. The molecule has 0 aromatic rings. The number of amides is 3. The standard InChI is InChI=1S/C38H70BN7O8/c1-26(2)23-31(39-53-30-25-27-24-29(37(27,6)7)38(30,8)54-39)44-33(48)28(19-18-22-41-34(40)45-46(50)51)43-32(47)20-16-14-12-10-9-11-13-15-17-21-42-35(49)52-36(3,4)5/h26-31H,9-25H2,1-8H3,(H,42,49)(H,43,47)(H,44,48)(H3,40,41,45)/t27-,28-,29-,30+,31-,38-/m0/s1. The van der Waals surface area contributed by atoms with E-state index in [4.69, 9.17) is 19.8 Å². The Morgan fingerprint density at radius 1 is 0.981 bits per heavy atom. The van der Waals surface area contributed by atoms with E-state index >= 15 is 0 Å². The first-order valence-electron chi connectivity index (χ1n) is 20.4. The number of guanidine groups is 1. The lowest BCUT2D eigenvalue weighted by Gasteiger charge is -2.64. The predicted molar refractivity (Wildman–Crippen MR) is 210 cm³/mol. The first-order valence-corrected chi connectivity index (χ1v) is 20.4.